The molecule has 0 aromatic heterocycles. The molecule has 0 spiro atoms. The highest BCUT2D eigenvalue weighted by Crippen LogP contribution is 2.32. The summed E-state index contributed by atoms with van der Waals surface area (Å²) in [5, 5.41) is 0. The van der Waals surface area contributed by atoms with Crippen molar-refractivity contribution in [2.75, 3.05) is 7.11 Å². The van der Waals surface area contributed by atoms with Crippen LogP contribution in [0.5, 0.6) is 0 Å². The highest BCUT2D eigenvalue weighted by Gasteiger charge is 2.22. The molecular formula is C23H20N2O2. The fourth-order valence-electron chi connectivity index (χ4n) is 3.42. The van der Waals surface area contributed by atoms with Crippen molar-refractivity contribution in [1.29, 1.82) is 0 Å². The molecule has 0 saturated carbocycles. The van der Waals surface area contributed by atoms with E-state index in [1.165, 1.54) is 22.3 Å². The Bertz CT molecular complexity index is 949. The molecule has 0 saturated heterocycles. The highest BCUT2D eigenvalue weighted by molar-refractivity contribution is 6.01. The Hall–Kier alpha value is -3.40. The first-order valence-electron chi connectivity index (χ1n) is 8.89. The lowest BCUT2D eigenvalue weighted by molar-refractivity contribution is 0.0995. The summed E-state index contributed by atoms with van der Waals surface area (Å²) in [5.41, 5.74) is 5.32. The minimum atomic E-state index is -0.307. The lowest BCUT2D eigenvalue weighted by atomic mass is 9.97. The SMILES string of the molecule is COC(=NC(=O)c1ccccc1)N1Cc2ccccc2-c2ccccc2C1. The molecule has 134 valence electrons. The Balaban J connectivity index is 1.73. The molecule has 1 aliphatic rings. The molecule has 0 radical (unpaired) electrons. The van der Waals surface area contributed by atoms with Gasteiger partial charge in [-0.05, 0) is 34.4 Å². The van der Waals surface area contributed by atoms with E-state index in [0.29, 0.717) is 24.7 Å². The lowest BCUT2D eigenvalue weighted by Crippen LogP contribution is -2.31. The molecule has 0 fully saturated rings. The topological polar surface area (TPSA) is 41.9 Å². The van der Waals surface area contributed by atoms with Crippen LogP contribution in [0, 0.1) is 0 Å². The number of nitrogens with zero attached hydrogens (tertiary/aromatic N) is 2. The van der Waals surface area contributed by atoms with E-state index < -0.39 is 0 Å². The Morgan fingerprint density at radius 2 is 1.33 bits per heavy atom. The van der Waals surface area contributed by atoms with Gasteiger partial charge in [-0.2, -0.15) is 4.99 Å². The van der Waals surface area contributed by atoms with Gasteiger partial charge in [0.2, 0.25) is 0 Å². The molecule has 0 aliphatic carbocycles. The van der Waals surface area contributed by atoms with Gasteiger partial charge in [0.1, 0.15) is 0 Å². The van der Waals surface area contributed by atoms with E-state index in [1.807, 2.05) is 35.2 Å². The zero-order valence-electron chi connectivity index (χ0n) is 15.1. The molecular weight excluding hydrogens is 336 g/mol. The van der Waals surface area contributed by atoms with Crippen molar-refractivity contribution in [3.05, 3.63) is 95.6 Å². The van der Waals surface area contributed by atoms with Crippen LogP contribution >= 0.6 is 0 Å². The largest absolute Gasteiger partial charge is 0.468 e. The van der Waals surface area contributed by atoms with Crippen molar-refractivity contribution < 1.29 is 9.53 Å². The molecule has 1 amide bonds. The second-order valence-electron chi connectivity index (χ2n) is 6.44. The molecule has 3 aromatic rings. The van der Waals surface area contributed by atoms with Crippen molar-refractivity contribution in [1.82, 2.24) is 4.90 Å². The summed E-state index contributed by atoms with van der Waals surface area (Å²) in [6.45, 7) is 1.25. The summed E-state index contributed by atoms with van der Waals surface area (Å²) >= 11 is 0. The number of hydrogen-bond acceptors (Lipinski definition) is 2. The molecule has 4 heteroatoms. The lowest BCUT2D eigenvalue weighted by Gasteiger charge is -2.23. The van der Waals surface area contributed by atoms with Gasteiger partial charge in [0.05, 0.1) is 7.11 Å². The summed E-state index contributed by atoms with van der Waals surface area (Å²) in [4.78, 5) is 18.8. The average molecular weight is 356 g/mol. The van der Waals surface area contributed by atoms with Gasteiger partial charge in [0.25, 0.3) is 11.9 Å². The average Bonchev–Trinajstić information content (AvgIpc) is 2.89. The molecule has 4 rings (SSSR count). The Morgan fingerprint density at radius 3 is 1.89 bits per heavy atom. The molecule has 1 aliphatic heterocycles. The number of hydrogen-bond donors (Lipinski definition) is 0. The molecule has 3 aromatic carbocycles. The number of aliphatic imine (C=N–C) groups is 1. The number of rotatable bonds is 1. The highest BCUT2D eigenvalue weighted by atomic mass is 16.5. The van der Waals surface area contributed by atoms with E-state index >= 15 is 0 Å². The quantitative estimate of drug-likeness (QED) is 0.476. The number of fused-ring (bicyclic) bond motifs is 3. The monoisotopic (exact) mass is 356 g/mol. The second-order valence-corrected chi connectivity index (χ2v) is 6.44. The van der Waals surface area contributed by atoms with E-state index in [9.17, 15) is 4.79 Å². The van der Waals surface area contributed by atoms with Gasteiger partial charge in [-0.1, -0.05) is 66.7 Å². The summed E-state index contributed by atoms with van der Waals surface area (Å²) in [5.74, 6) is -0.307. The van der Waals surface area contributed by atoms with E-state index in [0.717, 1.165) is 0 Å². The first-order chi connectivity index (χ1) is 13.3. The van der Waals surface area contributed by atoms with Crippen LogP contribution in [0.4, 0.5) is 0 Å². The van der Waals surface area contributed by atoms with Gasteiger partial charge in [-0.15, -0.1) is 0 Å². The maximum atomic E-state index is 12.5. The third-order valence-electron chi connectivity index (χ3n) is 4.72. The van der Waals surface area contributed by atoms with Crippen LogP contribution in [0.25, 0.3) is 11.1 Å². The number of methoxy groups -OCH3 is 1. The number of ether oxygens (including phenoxy) is 1. The van der Waals surface area contributed by atoms with Crippen molar-refractivity contribution in [2.24, 2.45) is 4.99 Å². The number of carbonyl (C=O) groups excluding carboxylic acids is 1. The molecule has 0 N–H and O–H groups in total. The predicted octanol–water partition coefficient (Wildman–Crippen LogP) is 4.51. The van der Waals surface area contributed by atoms with Gasteiger partial charge < -0.3 is 9.64 Å². The van der Waals surface area contributed by atoms with Crippen molar-refractivity contribution in [3.8, 4) is 11.1 Å². The van der Waals surface area contributed by atoms with E-state index in [1.54, 1.807) is 19.2 Å². The van der Waals surface area contributed by atoms with Gasteiger partial charge >= 0.3 is 0 Å². The summed E-state index contributed by atoms with van der Waals surface area (Å²) < 4.78 is 5.52. The van der Waals surface area contributed by atoms with Crippen LogP contribution < -0.4 is 0 Å². The normalized spacial score (nSPS) is 13.4. The summed E-state index contributed by atoms with van der Waals surface area (Å²) in [6, 6.07) is 26.0. The van der Waals surface area contributed by atoms with Crippen LogP contribution in [0.3, 0.4) is 0 Å². The number of benzene rings is 3. The number of carbonyl (C=O) groups is 1. The van der Waals surface area contributed by atoms with Crippen LogP contribution in [-0.4, -0.2) is 23.9 Å². The van der Waals surface area contributed by atoms with Gasteiger partial charge in [0, 0.05) is 18.7 Å². The standard InChI is InChI=1S/C23H20N2O2/c1-27-23(24-22(26)17-9-3-2-4-10-17)25-15-18-11-5-7-13-20(18)21-14-8-6-12-19(21)16-25/h2-14H,15-16H2,1H3. The smallest absolute Gasteiger partial charge is 0.295 e. The molecule has 27 heavy (non-hydrogen) atoms. The minimum Gasteiger partial charge on any atom is -0.468 e. The maximum absolute atomic E-state index is 12.5. The summed E-state index contributed by atoms with van der Waals surface area (Å²) in [6.07, 6.45) is 0. The van der Waals surface area contributed by atoms with Gasteiger partial charge in [-0.3, -0.25) is 4.79 Å². The molecule has 4 nitrogen and oxygen atoms in total. The molecule has 0 unspecified atom stereocenters. The van der Waals surface area contributed by atoms with Crippen molar-refractivity contribution >= 4 is 11.9 Å². The van der Waals surface area contributed by atoms with Crippen molar-refractivity contribution in [2.45, 2.75) is 13.1 Å². The van der Waals surface area contributed by atoms with Crippen molar-refractivity contribution in [3.63, 3.8) is 0 Å². The van der Waals surface area contributed by atoms with E-state index in [2.05, 4.69) is 41.4 Å². The fourth-order valence-corrected chi connectivity index (χ4v) is 3.42. The van der Waals surface area contributed by atoms with Crippen LogP contribution in [0.2, 0.25) is 0 Å². The third kappa shape index (κ3) is 3.47. The van der Waals surface area contributed by atoms with Crippen LogP contribution in [0.1, 0.15) is 21.5 Å². The van der Waals surface area contributed by atoms with Crippen LogP contribution in [-0.2, 0) is 17.8 Å². The number of amidine groups is 1. The maximum Gasteiger partial charge on any atom is 0.295 e. The molecule has 0 bridgehead atoms. The Morgan fingerprint density at radius 1 is 0.815 bits per heavy atom. The van der Waals surface area contributed by atoms with Gasteiger partial charge in [0.15, 0.2) is 0 Å². The number of amides is 1. The Labute approximate surface area is 158 Å². The van der Waals surface area contributed by atoms with Crippen LogP contribution in [0.15, 0.2) is 83.9 Å². The predicted molar refractivity (Wildman–Crippen MR) is 106 cm³/mol. The van der Waals surface area contributed by atoms with E-state index in [4.69, 9.17) is 4.74 Å². The van der Waals surface area contributed by atoms with Gasteiger partial charge in [-0.25, -0.2) is 0 Å². The summed E-state index contributed by atoms with van der Waals surface area (Å²) in [7, 11) is 1.56. The zero-order chi connectivity index (χ0) is 18.6. The minimum absolute atomic E-state index is 0.307. The first-order valence-corrected chi connectivity index (χ1v) is 8.89. The zero-order valence-corrected chi connectivity index (χ0v) is 15.1. The Kier molecular flexibility index (Phi) is 4.71. The molecule has 1 heterocycles. The van der Waals surface area contributed by atoms with E-state index in [-0.39, 0.29) is 5.91 Å². The third-order valence-corrected chi connectivity index (χ3v) is 4.72. The second kappa shape index (κ2) is 7.46. The molecule has 0 atom stereocenters. The fraction of sp³-hybridized carbons (Fsp3) is 0.130. The first kappa shape index (κ1) is 17.0.